The molecular weight excluding hydrogens is 620 g/mol. The first-order valence-corrected chi connectivity index (χ1v) is 14.5. The average molecular weight is 650 g/mol. The molecule has 0 saturated carbocycles. The number of carbonyl (C=O) groups excluding carboxylic acids is 2. The molecule has 17 heteroatoms. The molecule has 2 aliphatic heterocycles. The Kier molecular flexibility index (Phi) is 8.35. The lowest BCUT2D eigenvalue weighted by Gasteiger charge is -2.36. The second-order valence-electron chi connectivity index (χ2n) is 11.2. The summed E-state index contributed by atoms with van der Waals surface area (Å²) in [5, 5.41) is 9.41. The van der Waals surface area contributed by atoms with Gasteiger partial charge in [0, 0.05) is 50.5 Å². The van der Waals surface area contributed by atoms with Crippen LogP contribution in [0.2, 0.25) is 0 Å². The molecule has 46 heavy (non-hydrogen) atoms. The van der Waals surface area contributed by atoms with E-state index in [1.807, 2.05) is 0 Å². The molecule has 0 aliphatic carbocycles. The van der Waals surface area contributed by atoms with Crippen LogP contribution in [0.3, 0.4) is 0 Å². The average Bonchev–Trinajstić information content (AvgIpc) is 3.76. The van der Waals surface area contributed by atoms with Crippen LogP contribution < -0.4 is 10.6 Å². The zero-order valence-electron chi connectivity index (χ0n) is 24.5. The number of carbonyl (C=O) groups is 2. The molecule has 2 fully saturated rings. The van der Waals surface area contributed by atoms with Crippen LogP contribution in [0.4, 0.5) is 37.8 Å². The van der Waals surface area contributed by atoms with Crippen LogP contribution in [0, 0.1) is 12.7 Å². The van der Waals surface area contributed by atoms with Crippen molar-refractivity contribution in [2.75, 3.05) is 38.0 Å². The number of amides is 2. The van der Waals surface area contributed by atoms with E-state index < -0.39 is 42.1 Å². The Morgan fingerprint density at radius 2 is 1.85 bits per heavy atom. The largest absolute Gasteiger partial charge is 0.435 e. The molecule has 0 radical (unpaired) electrons. The molecule has 5 heterocycles. The Morgan fingerprint density at radius 1 is 1.11 bits per heavy atom. The van der Waals surface area contributed by atoms with E-state index in [0.29, 0.717) is 23.3 Å². The van der Waals surface area contributed by atoms with Crippen molar-refractivity contribution in [1.29, 1.82) is 0 Å². The third kappa shape index (κ3) is 6.10. The summed E-state index contributed by atoms with van der Waals surface area (Å²) in [5.41, 5.74) is -1.38. The zero-order chi connectivity index (χ0) is 32.7. The summed E-state index contributed by atoms with van der Waals surface area (Å²) in [6.45, 7) is 2.58. The fraction of sp³-hybridized carbons (Fsp3) is 0.414. The Bertz CT molecular complexity index is 1750. The van der Waals surface area contributed by atoms with Crippen LogP contribution in [0.15, 0.2) is 36.9 Å². The van der Waals surface area contributed by atoms with Crippen LogP contribution in [0.25, 0.3) is 16.9 Å². The minimum atomic E-state index is -4.92. The number of benzene rings is 1. The molecule has 6 rings (SSSR count). The number of anilines is 2. The van der Waals surface area contributed by atoms with Crippen LogP contribution >= 0.6 is 0 Å². The molecule has 0 spiro atoms. The quantitative estimate of drug-likeness (QED) is 0.290. The topological polar surface area (TPSA) is 113 Å². The van der Waals surface area contributed by atoms with Gasteiger partial charge in [-0.15, -0.1) is 0 Å². The Morgan fingerprint density at radius 3 is 2.50 bits per heavy atom. The molecule has 1 unspecified atom stereocenters. The highest BCUT2D eigenvalue weighted by Crippen LogP contribution is 2.37. The van der Waals surface area contributed by atoms with Gasteiger partial charge in [-0.05, 0) is 44.0 Å². The second kappa shape index (κ2) is 12.3. The van der Waals surface area contributed by atoms with Gasteiger partial charge in [0.1, 0.15) is 12.4 Å². The summed E-state index contributed by atoms with van der Waals surface area (Å²) < 4.78 is 84.3. The van der Waals surface area contributed by atoms with Crippen molar-refractivity contribution >= 4 is 29.0 Å². The maximum absolute atomic E-state index is 15.4. The molecule has 0 bridgehead atoms. The van der Waals surface area contributed by atoms with E-state index in [1.54, 1.807) is 11.8 Å². The predicted octanol–water partition coefficient (Wildman–Crippen LogP) is 4.10. The van der Waals surface area contributed by atoms with Gasteiger partial charge < -0.3 is 20.4 Å². The van der Waals surface area contributed by atoms with Crippen molar-refractivity contribution < 1.29 is 35.9 Å². The maximum Gasteiger partial charge on any atom is 0.435 e. The molecule has 2 saturated heterocycles. The Hall–Kier alpha value is -4.67. The fourth-order valence-electron chi connectivity index (χ4n) is 5.89. The second-order valence-corrected chi connectivity index (χ2v) is 11.2. The highest BCUT2D eigenvalue weighted by Gasteiger charge is 2.39. The van der Waals surface area contributed by atoms with Crippen LogP contribution in [-0.2, 0) is 17.5 Å². The van der Waals surface area contributed by atoms with E-state index in [0.717, 1.165) is 37.8 Å². The van der Waals surface area contributed by atoms with Crippen molar-refractivity contribution in [2.45, 2.75) is 45.0 Å². The minimum Gasteiger partial charge on any atom is -0.338 e. The number of hydrogen-bond acceptors (Lipinski definition) is 7. The number of fused-ring (bicyclic) bond motifs is 1. The van der Waals surface area contributed by atoms with Gasteiger partial charge in [0.25, 0.3) is 12.3 Å². The lowest BCUT2D eigenvalue weighted by atomic mass is 10.0. The number of halogens is 6. The summed E-state index contributed by atoms with van der Waals surface area (Å²) in [6.07, 6.45) is -1.48. The number of nitrogens with one attached hydrogen (secondary N) is 2. The Labute approximate surface area is 258 Å². The van der Waals surface area contributed by atoms with Gasteiger partial charge in [0.05, 0.1) is 29.1 Å². The van der Waals surface area contributed by atoms with Gasteiger partial charge in [-0.25, -0.2) is 23.1 Å². The number of alkyl halides is 5. The van der Waals surface area contributed by atoms with E-state index in [2.05, 4.69) is 25.7 Å². The number of aromatic nitrogens is 5. The van der Waals surface area contributed by atoms with Crippen molar-refractivity contribution in [3.63, 3.8) is 0 Å². The number of imidazole rings is 1. The van der Waals surface area contributed by atoms with Gasteiger partial charge in [-0.3, -0.25) is 18.7 Å². The van der Waals surface area contributed by atoms with E-state index >= 15 is 4.39 Å². The van der Waals surface area contributed by atoms with E-state index in [1.165, 1.54) is 27.8 Å². The molecule has 4 aromatic rings. The van der Waals surface area contributed by atoms with Crippen molar-refractivity contribution in [3.05, 3.63) is 59.6 Å². The number of hydrogen-bond donors (Lipinski definition) is 2. The lowest BCUT2D eigenvalue weighted by Crippen LogP contribution is -2.54. The molecule has 3 aromatic heterocycles. The van der Waals surface area contributed by atoms with Crippen LogP contribution in [0.5, 0.6) is 0 Å². The first kappa shape index (κ1) is 31.3. The summed E-state index contributed by atoms with van der Waals surface area (Å²) in [4.78, 5) is 37.6. The van der Waals surface area contributed by atoms with Crippen LogP contribution in [-0.4, -0.2) is 91.0 Å². The third-order valence-corrected chi connectivity index (χ3v) is 8.06. The van der Waals surface area contributed by atoms with E-state index in [4.69, 9.17) is 0 Å². The zero-order valence-corrected chi connectivity index (χ0v) is 24.5. The van der Waals surface area contributed by atoms with Gasteiger partial charge in [-0.2, -0.15) is 18.3 Å². The standard InChI is InChI=1S/C29H29F6N9O2/c1-16-11-17(12-19(30)23(16)28(46)42-9-7-41(8-10-42)27(45)20-3-2-4-36-20)39-25-26-38-13-21(44(26)6-5-37-25)18-14-43(15-22(31)32)40-24(18)29(33,34)35/h5-6,11-14,20,22,36H,2-4,7-10,15H2,1H3,(H,37,39). The monoisotopic (exact) mass is 649 g/mol. The first-order valence-electron chi connectivity index (χ1n) is 14.5. The molecule has 1 aromatic carbocycles. The molecule has 1 atom stereocenters. The predicted molar refractivity (Wildman–Crippen MR) is 153 cm³/mol. The van der Waals surface area contributed by atoms with Gasteiger partial charge in [0.2, 0.25) is 5.91 Å². The molecule has 2 amide bonds. The lowest BCUT2D eigenvalue weighted by molar-refractivity contribution is -0.141. The Balaban J connectivity index is 1.21. The number of nitrogens with zero attached hydrogens (tertiary/aromatic N) is 7. The molecular formula is C29H29F6N9O2. The number of piperazine rings is 1. The highest BCUT2D eigenvalue weighted by molar-refractivity contribution is 5.97. The SMILES string of the molecule is Cc1cc(Nc2nccn3c(-c4cn(CC(F)F)nc4C(F)(F)F)cnc23)cc(F)c1C(=O)N1CCN(C(=O)C2CCCN2)CC1. The number of aryl methyl sites for hydroxylation is 1. The first-order chi connectivity index (χ1) is 21.9. The smallest absolute Gasteiger partial charge is 0.338 e. The summed E-state index contributed by atoms with van der Waals surface area (Å²) in [6, 6.07) is 2.44. The van der Waals surface area contributed by atoms with E-state index in [9.17, 15) is 31.5 Å². The molecule has 11 nitrogen and oxygen atoms in total. The number of rotatable bonds is 7. The molecule has 244 valence electrons. The summed E-state index contributed by atoms with van der Waals surface area (Å²) in [5.74, 6) is -1.21. The third-order valence-electron chi connectivity index (χ3n) is 8.06. The van der Waals surface area contributed by atoms with Gasteiger partial charge >= 0.3 is 6.18 Å². The molecule has 2 N–H and O–H groups in total. The normalized spacial score (nSPS) is 17.3. The fourth-order valence-corrected chi connectivity index (χ4v) is 5.89. The highest BCUT2D eigenvalue weighted by atomic mass is 19.4. The summed E-state index contributed by atoms with van der Waals surface area (Å²) in [7, 11) is 0. The van der Waals surface area contributed by atoms with Gasteiger partial charge in [-0.1, -0.05) is 0 Å². The molecule has 2 aliphatic rings. The summed E-state index contributed by atoms with van der Waals surface area (Å²) >= 11 is 0. The van der Waals surface area contributed by atoms with E-state index in [-0.39, 0.29) is 53.4 Å². The van der Waals surface area contributed by atoms with Crippen molar-refractivity contribution in [1.82, 2.24) is 39.3 Å². The van der Waals surface area contributed by atoms with Gasteiger partial charge in [0.15, 0.2) is 17.2 Å². The minimum absolute atomic E-state index is 0.0122. The van der Waals surface area contributed by atoms with Crippen molar-refractivity contribution in [2.24, 2.45) is 0 Å². The van der Waals surface area contributed by atoms with Crippen molar-refractivity contribution in [3.8, 4) is 11.3 Å². The maximum atomic E-state index is 15.4. The van der Waals surface area contributed by atoms with Crippen LogP contribution in [0.1, 0.15) is 34.5 Å².